The van der Waals surface area contributed by atoms with Crippen LogP contribution >= 0.6 is 0 Å². The number of carbonyl (C=O) groups is 1. The minimum atomic E-state index is -0.0901. The van der Waals surface area contributed by atoms with Crippen molar-refractivity contribution in [2.24, 2.45) is 0 Å². The van der Waals surface area contributed by atoms with Gasteiger partial charge < -0.3 is 10.4 Å². The Morgan fingerprint density at radius 2 is 1.88 bits per heavy atom. The van der Waals surface area contributed by atoms with E-state index in [9.17, 15) is 4.79 Å². The maximum Gasteiger partial charge on any atom is 0.222 e. The van der Waals surface area contributed by atoms with E-state index >= 15 is 0 Å². The topological polar surface area (TPSA) is 49.3 Å². The van der Waals surface area contributed by atoms with Crippen LogP contribution in [-0.4, -0.2) is 24.2 Å². The van der Waals surface area contributed by atoms with Crippen molar-refractivity contribution in [1.29, 1.82) is 0 Å². The summed E-state index contributed by atoms with van der Waals surface area (Å²) in [6, 6.07) is 8.42. The minimum absolute atomic E-state index is 0.0863. The van der Waals surface area contributed by atoms with Crippen molar-refractivity contribution < 1.29 is 9.90 Å². The van der Waals surface area contributed by atoms with E-state index in [1.165, 1.54) is 11.1 Å². The zero-order chi connectivity index (χ0) is 11.8. The summed E-state index contributed by atoms with van der Waals surface area (Å²) in [4.78, 5) is 11.1. The van der Waals surface area contributed by atoms with Crippen LogP contribution in [0.2, 0.25) is 0 Å². The summed E-state index contributed by atoms with van der Waals surface area (Å²) in [5, 5.41) is 11.3. The summed E-state index contributed by atoms with van der Waals surface area (Å²) in [6.45, 7) is 2.67. The molecule has 0 heterocycles. The lowest BCUT2D eigenvalue weighted by molar-refractivity contribution is -0.121. The molecular formula is C13H19NO2. The summed E-state index contributed by atoms with van der Waals surface area (Å²) in [5.41, 5.74) is 2.55. The van der Waals surface area contributed by atoms with Crippen molar-refractivity contribution >= 4 is 5.91 Å². The predicted octanol–water partition coefficient (Wildman–Crippen LogP) is 1.29. The molecule has 16 heavy (non-hydrogen) atoms. The first-order chi connectivity index (χ1) is 7.76. The fourth-order valence-electron chi connectivity index (χ4n) is 1.48. The number of aliphatic hydroxyl groups is 1. The molecular weight excluding hydrogens is 202 g/mol. The highest BCUT2D eigenvalue weighted by Gasteiger charge is 1.99. The summed E-state index contributed by atoms with van der Waals surface area (Å²) in [7, 11) is 0. The smallest absolute Gasteiger partial charge is 0.222 e. The van der Waals surface area contributed by atoms with Gasteiger partial charge in [-0.1, -0.05) is 31.2 Å². The fourth-order valence-corrected chi connectivity index (χ4v) is 1.48. The Morgan fingerprint density at radius 1 is 1.25 bits per heavy atom. The summed E-state index contributed by atoms with van der Waals surface area (Å²) in [6.07, 6.45) is 2.07. The van der Waals surface area contributed by atoms with Crippen LogP contribution in [0.5, 0.6) is 0 Å². The third kappa shape index (κ3) is 4.45. The second kappa shape index (κ2) is 7.01. The third-order valence-corrected chi connectivity index (χ3v) is 2.51. The number of amides is 1. The lowest BCUT2D eigenvalue weighted by Gasteiger charge is -2.05. The Morgan fingerprint density at radius 3 is 2.44 bits per heavy atom. The number of aryl methyl sites for hydroxylation is 1. The molecule has 0 fully saturated rings. The number of rotatable bonds is 6. The van der Waals surface area contributed by atoms with Crippen molar-refractivity contribution in [2.75, 3.05) is 13.2 Å². The van der Waals surface area contributed by atoms with Crippen LogP contribution in [-0.2, 0) is 17.6 Å². The van der Waals surface area contributed by atoms with Gasteiger partial charge in [-0.2, -0.15) is 0 Å². The van der Waals surface area contributed by atoms with Crippen LogP contribution in [0.4, 0.5) is 0 Å². The highest BCUT2D eigenvalue weighted by Crippen LogP contribution is 2.05. The standard InChI is InChI=1S/C13H19NO2/c1-2-11-3-5-12(6-4-11)7-9-14-13(16)8-10-15/h3-6,15H,2,7-10H2,1H3,(H,14,16). The second-order valence-electron chi connectivity index (χ2n) is 3.74. The maximum absolute atomic E-state index is 11.1. The average Bonchev–Trinajstić information content (AvgIpc) is 2.30. The molecule has 1 rings (SSSR count). The van der Waals surface area contributed by atoms with Gasteiger partial charge in [0.1, 0.15) is 0 Å². The van der Waals surface area contributed by atoms with E-state index < -0.39 is 0 Å². The van der Waals surface area contributed by atoms with Crippen molar-refractivity contribution in [3.63, 3.8) is 0 Å². The number of hydrogen-bond donors (Lipinski definition) is 2. The van der Waals surface area contributed by atoms with Gasteiger partial charge in [-0.15, -0.1) is 0 Å². The first kappa shape index (κ1) is 12.7. The van der Waals surface area contributed by atoms with E-state index in [1.807, 2.05) is 0 Å². The minimum Gasteiger partial charge on any atom is -0.396 e. The zero-order valence-corrected chi connectivity index (χ0v) is 9.70. The monoisotopic (exact) mass is 221 g/mol. The van der Waals surface area contributed by atoms with E-state index in [0.717, 1.165) is 12.8 Å². The number of aliphatic hydroxyl groups excluding tert-OH is 1. The number of nitrogens with one attached hydrogen (secondary N) is 1. The van der Waals surface area contributed by atoms with E-state index in [0.29, 0.717) is 6.54 Å². The molecule has 0 aliphatic heterocycles. The first-order valence-corrected chi connectivity index (χ1v) is 5.71. The van der Waals surface area contributed by atoms with Gasteiger partial charge in [0.05, 0.1) is 6.61 Å². The molecule has 0 spiro atoms. The van der Waals surface area contributed by atoms with Crippen LogP contribution in [0.15, 0.2) is 24.3 Å². The van der Waals surface area contributed by atoms with Gasteiger partial charge in [-0.05, 0) is 24.0 Å². The molecule has 0 radical (unpaired) electrons. The molecule has 3 nitrogen and oxygen atoms in total. The highest BCUT2D eigenvalue weighted by atomic mass is 16.3. The van der Waals surface area contributed by atoms with E-state index in [1.54, 1.807) is 0 Å². The largest absolute Gasteiger partial charge is 0.396 e. The van der Waals surface area contributed by atoms with Gasteiger partial charge in [0.15, 0.2) is 0 Å². The summed E-state index contributed by atoms with van der Waals surface area (Å²) >= 11 is 0. The summed E-state index contributed by atoms with van der Waals surface area (Å²) in [5.74, 6) is -0.0901. The Labute approximate surface area is 96.5 Å². The van der Waals surface area contributed by atoms with Crippen molar-refractivity contribution in [3.05, 3.63) is 35.4 Å². The second-order valence-corrected chi connectivity index (χ2v) is 3.74. The Kier molecular flexibility index (Phi) is 5.57. The molecule has 0 aliphatic rings. The maximum atomic E-state index is 11.1. The Bertz CT molecular complexity index is 319. The lowest BCUT2D eigenvalue weighted by Crippen LogP contribution is -2.26. The summed E-state index contributed by atoms with van der Waals surface area (Å²) < 4.78 is 0. The van der Waals surface area contributed by atoms with E-state index in [4.69, 9.17) is 5.11 Å². The molecule has 0 saturated heterocycles. The number of carbonyl (C=O) groups excluding carboxylic acids is 1. The van der Waals surface area contributed by atoms with Gasteiger partial charge in [-0.3, -0.25) is 4.79 Å². The lowest BCUT2D eigenvalue weighted by atomic mass is 10.1. The molecule has 3 heteroatoms. The SMILES string of the molecule is CCc1ccc(CCNC(=O)CCO)cc1. The molecule has 2 N–H and O–H groups in total. The molecule has 0 aliphatic carbocycles. The fraction of sp³-hybridized carbons (Fsp3) is 0.462. The van der Waals surface area contributed by atoms with Crippen LogP contribution in [0.25, 0.3) is 0 Å². The Balaban J connectivity index is 2.29. The molecule has 0 atom stereocenters. The van der Waals surface area contributed by atoms with Crippen LogP contribution in [0.1, 0.15) is 24.5 Å². The molecule has 0 unspecified atom stereocenters. The van der Waals surface area contributed by atoms with Gasteiger partial charge >= 0.3 is 0 Å². The molecule has 88 valence electrons. The van der Waals surface area contributed by atoms with Crippen molar-refractivity contribution in [1.82, 2.24) is 5.32 Å². The number of benzene rings is 1. The number of hydrogen-bond acceptors (Lipinski definition) is 2. The van der Waals surface area contributed by atoms with Crippen LogP contribution in [0, 0.1) is 0 Å². The van der Waals surface area contributed by atoms with Gasteiger partial charge in [0.2, 0.25) is 5.91 Å². The first-order valence-electron chi connectivity index (χ1n) is 5.71. The normalized spacial score (nSPS) is 10.1. The average molecular weight is 221 g/mol. The van der Waals surface area contributed by atoms with Gasteiger partial charge in [0, 0.05) is 13.0 Å². The molecule has 0 bridgehead atoms. The molecule has 1 aromatic carbocycles. The molecule has 1 amide bonds. The van der Waals surface area contributed by atoms with E-state index in [2.05, 4.69) is 36.5 Å². The highest BCUT2D eigenvalue weighted by molar-refractivity contribution is 5.75. The molecule has 0 saturated carbocycles. The quantitative estimate of drug-likeness (QED) is 0.760. The van der Waals surface area contributed by atoms with Gasteiger partial charge in [0.25, 0.3) is 0 Å². The predicted molar refractivity (Wildman–Crippen MR) is 64.2 cm³/mol. The molecule has 1 aromatic rings. The van der Waals surface area contributed by atoms with Crippen molar-refractivity contribution in [3.8, 4) is 0 Å². The zero-order valence-electron chi connectivity index (χ0n) is 9.70. The van der Waals surface area contributed by atoms with E-state index in [-0.39, 0.29) is 18.9 Å². The van der Waals surface area contributed by atoms with Gasteiger partial charge in [-0.25, -0.2) is 0 Å². The van der Waals surface area contributed by atoms with Crippen LogP contribution in [0.3, 0.4) is 0 Å². The van der Waals surface area contributed by atoms with Crippen molar-refractivity contribution in [2.45, 2.75) is 26.2 Å². The third-order valence-electron chi connectivity index (χ3n) is 2.51. The molecule has 0 aromatic heterocycles. The Hall–Kier alpha value is -1.35. The van der Waals surface area contributed by atoms with Crippen LogP contribution < -0.4 is 5.32 Å².